The number of benzene rings is 4. The van der Waals surface area contributed by atoms with Gasteiger partial charge in [0.15, 0.2) is 0 Å². The van der Waals surface area contributed by atoms with E-state index in [4.69, 9.17) is 0 Å². The van der Waals surface area contributed by atoms with E-state index in [-0.39, 0.29) is 17.4 Å². The summed E-state index contributed by atoms with van der Waals surface area (Å²) in [4.78, 5) is 13.3. The molecule has 0 aliphatic heterocycles. The van der Waals surface area contributed by atoms with Crippen molar-refractivity contribution in [2.24, 2.45) is 0 Å². The molecule has 2 atom stereocenters. The topological polar surface area (TPSA) is 49.3 Å². The lowest BCUT2D eigenvalue weighted by molar-refractivity contribution is 0.0939. The van der Waals surface area contributed by atoms with Crippen LogP contribution in [0.5, 0.6) is 0 Å². The molecule has 0 spiro atoms. The van der Waals surface area contributed by atoms with Gasteiger partial charge >= 0.3 is 0 Å². The average molecular weight is 462 g/mol. The molecule has 0 saturated carbocycles. The van der Waals surface area contributed by atoms with Crippen molar-refractivity contribution in [1.82, 2.24) is 5.32 Å². The van der Waals surface area contributed by atoms with Crippen molar-refractivity contribution in [3.63, 3.8) is 0 Å². The van der Waals surface area contributed by atoms with Gasteiger partial charge in [0.1, 0.15) is 5.60 Å². The van der Waals surface area contributed by atoms with Crippen LogP contribution < -0.4 is 5.32 Å². The van der Waals surface area contributed by atoms with Crippen LogP contribution in [0.25, 0.3) is 11.1 Å². The molecule has 0 unspecified atom stereocenters. The van der Waals surface area contributed by atoms with Crippen molar-refractivity contribution in [3.05, 3.63) is 130 Å². The highest BCUT2D eigenvalue weighted by atomic mass is 16.3. The Labute approximate surface area is 207 Å². The SMILES string of the molecule is C[C@H](NC(=O)c1ccc2c(c1)[C@@](O)(c1ccccc1C(C)(C)C)c1ccccc1-2)c1ccccc1. The number of hydrogen-bond donors (Lipinski definition) is 2. The van der Waals surface area contributed by atoms with Crippen LogP contribution in [0.15, 0.2) is 97.1 Å². The Morgan fingerprint density at radius 3 is 2.09 bits per heavy atom. The minimum atomic E-state index is -1.35. The Bertz CT molecular complexity index is 1400. The van der Waals surface area contributed by atoms with Gasteiger partial charge in [-0.25, -0.2) is 0 Å². The van der Waals surface area contributed by atoms with Gasteiger partial charge < -0.3 is 10.4 Å². The van der Waals surface area contributed by atoms with Gasteiger partial charge in [0, 0.05) is 16.7 Å². The summed E-state index contributed by atoms with van der Waals surface area (Å²) in [6.07, 6.45) is 0. The largest absolute Gasteiger partial charge is 0.376 e. The lowest BCUT2D eigenvalue weighted by atomic mass is 9.75. The van der Waals surface area contributed by atoms with E-state index in [1.54, 1.807) is 0 Å². The standard InChI is InChI=1S/C32H31NO2/c1-21(22-12-6-5-7-13-22)33-30(34)23-18-19-25-24-14-8-9-15-26(24)32(35,29(25)20-23)28-17-11-10-16-27(28)31(2,3)4/h5-21,35H,1-4H3,(H,33,34)/t21-,32-/m0/s1. The molecule has 4 aromatic carbocycles. The summed E-state index contributed by atoms with van der Waals surface area (Å²) >= 11 is 0. The van der Waals surface area contributed by atoms with Crippen LogP contribution in [0, 0.1) is 0 Å². The fourth-order valence-electron chi connectivity index (χ4n) is 5.25. The van der Waals surface area contributed by atoms with Crippen molar-refractivity contribution in [2.75, 3.05) is 0 Å². The second kappa shape index (κ2) is 8.51. The molecule has 176 valence electrons. The van der Waals surface area contributed by atoms with Crippen molar-refractivity contribution >= 4 is 5.91 Å². The second-order valence-corrected chi connectivity index (χ2v) is 10.4. The highest BCUT2D eigenvalue weighted by molar-refractivity contribution is 5.96. The molecule has 4 aromatic rings. The van der Waals surface area contributed by atoms with Gasteiger partial charge in [0.05, 0.1) is 6.04 Å². The van der Waals surface area contributed by atoms with E-state index in [1.165, 1.54) is 0 Å². The van der Waals surface area contributed by atoms with Crippen molar-refractivity contribution in [1.29, 1.82) is 0 Å². The van der Waals surface area contributed by atoms with Gasteiger partial charge in [0.25, 0.3) is 5.91 Å². The van der Waals surface area contributed by atoms with Crippen LogP contribution in [-0.4, -0.2) is 11.0 Å². The number of fused-ring (bicyclic) bond motifs is 3. The Hall–Kier alpha value is -3.69. The second-order valence-electron chi connectivity index (χ2n) is 10.4. The summed E-state index contributed by atoms with van der Waals surface area (Å²) in [6, 6.07) is 31.6. The van der Waals surface area contributed by atoms with Crippen LogP contribution in [0.2, 0.25) is 0 Å². The first-order valence-electron chi connectivity index (χ1n) is 12.1. The molecule has 0 aromatic heterocycles. The van der Waals surface area contributed by atoms with E-state index in [1.807, 2.05) is 97.9 Å². The quantitative estimate of drug-likeness (QED) is 0.354. The molecular weight excluding hydrogens is 430 g/mol. The first-order chi connectivity index (χ1) is 16.7. The lowest BCUT2D eigenvalue weighted by Gasteiger charge is -2.33. The summed E-state index contributed by atoms with van der Waals surface area (Å²) in [5.74, 6) is -0.161. The normalized spacial score (nSPS) is 17.4. The molecule has 3 heteroatoms. The highest BCUT2D eigenvalue weighted by Gasteiger charge is 2.45. The first kappa shape index (κ1) is 23.1. The number of hydrogen-bond acceptors (Lipinski definition) is 2. The van der Waals surface area contributed by atoms with E-state index in [9.17, 15) is 9.90 Å². The predicted octanol–water partition coefficient (Wildman–Crippen LogP) is 6.74. The Morgan fingerprint density at radius 2 is 1.37 bits per heavy atom. The van der Waals surface area contributed by atoms with Crippen molar-refractivity contribution < 1.29 is 9.90 Å². The third-order valence-corrected chi connectivity index (χ3v) is 7.05. The van der Waals surface area contributed by atoms with Crippen LogP contribution in [-0.2, 0) is 11.0 Å². The third kappa shape index (κ3) is 3.86. The summed E-state index contributed by atoms with van der Waals surface area (Å²) in [7, 11) is 0. The number of carbonyl (C=O) groups excluding carboxylic acids is 1. The van der Waals surface area contributed by atoms with E-state index in [0.717, 1.165) is 38.9 Å². The van der Waals surface area contributed by atoms with E-state index in [0.29, 0.717) is 5.56 Å². The van der Waals surface area contributed by atoms with Crippen LogP contribution in [0.4, 0.5) is 0 Å². The Balaban J connectivity index is 1.63. The fourth-order valence-corrected chi connectivity index (χ4v) is 5.25. The monoisotopic (exact) mass is 461 g/mol. The maximum Gasteiger partial charge on any atom is 0.251 e. The van der Waals surface area contributed by atoms with Crippen LogP contribution in [0.1, 0.15) is 71.9 Å². The van der Waals surface area contributed by atoms with E-state index in [2.05, 4.69) is 32.2 Å². The molecule has 1 aliphatic carbocycles. The van der Waals surface area contributed by atoms with Crippen LogP contribution in [0.3, 0.4) is 0 Å². The minimum Gasteiger partial charge on any atom is -0.376 e. The Kier molecular flexibility index (Phi) is 5.61. The molecule has 5 rings (SSSR count). The third-order valence-electron chi connectivity index (χ3n) is 7.05. The molecule has 35 heavy (non-hydrogen) atoms. The predicted molar refractivity (Wildman–Crippen MR) is 141 cm³/mol. The summed E-state index contributed by atoms with van der Waals surface area (Å²) in [6.45, 7) is 8.45. The lowest BCUT2D eigenvalue weighted by Crippen LogP contribution is -2.31. The molecule has 0 radical (unpaired) electrons. The molecular formula is C32H31NO2. The van der Waals surface area contributed by atoms with E-state index < -0.39 is 5.60 Å². The molecule has 1 aliphatic rings. The molecule has 3 nitrogen and oxygen atoms in total. The smallest absolute Gasteiger partial charge is 0.251 e. The summed E-state index contributed by atoms with van der Waals surface area (Å²) in [5, 5.41) is 15.7. The molecule has 0 heterocycles. The zero-order chi connectivity index (χ0) is 24.8. The Morgan fingerprint density at radius 1 is 0.771 bits per heavy atom. The van der Waals surface area contributed by atoms with Gasteiger partial charge in [-0.05, 0) is 52.3 Å². The van der Waals surface area contributed by atoms with Gasteiger partial charge in [-0.15, -0.1) is 0 Å². The molecule has 0 saturated heterocycles. The van der Waals surface area contributed by atoms with Gasteiger partial charge in [-0.1, -0.05) is 106 Å². The molecule has 0 fully saturated rings. The number of nitrogens with one attached hydrogen (secondary N) is 1. The van der Waals surface area contributed by atoms with Gasteiger partial charge in [-0.2, -0.15) is 0 Å². The highest BCUT2D eigenvalue weighted by Crippen LogP contribution is 2.52. The summed E-state index contributed by atoms with van der Waals surface area (Å²) < 4.78 is 0. The van der Waals surface area contributed by atoms with Gasteiger partial charge in [-0.3, -0.25) is 4.79 Å². The van der Waals surface area contributed by atoms with E-state index >= 15 is 0 Å². The van der Waals surface area contributed by atoms with Crippen molar-refractivity contribution in [2.45, 2.75) is 44.8 Å². The average Bonchev–Trinajstić information content (AvgIpc) is 3.13. The zero-order valence-corrected chi connectivity index (χ0v) is 20.7. The van der Waals surface area contributed by atoms with Crippen molar-refractivity contribution in [3.8, 4) is 11.1 Å². The molecule has 1 amide bonds. The van der Waals surface area contributed by atoms with Crippen LogP contribution >= 0.6 is 0 Å². The maximum absolute atomic E-state index is 13.3. The summed E-state index contributed by atoms with van der Waals surface area (Å²) in [5.41, 5.74) is 5.55. The fraction of sp³-hybridized carbons (Fsp3) is 0.219. The first-order valence-corrected chi connectivity index (χ1v) is 12.1. The molecule has 2 N–H and O–H groups in total. The molecule has 0 bridgehead atoms. The maximum atomic E-state index is 13.3. The number of rotatable bonds is 4. The minimum absolute atomic E-state index is 0.130. The van der Waals surface area contributed by atoms with Gasteiger partial charge in [0.2, 0.25) is 0 Å². The number of carbonyl (C=O) groups is 1. The zero-order valence-electron chi connectivity index (χ0n) is 20.7. The number of aliphatic hydroxyl groups is 1. The number of amides is 1.